The van der Waals surface area contributed by atoms with Gasteiger partial charge in [-0.1, -0.05) is 128 Å². The number of allylic oxidation sites excluding steroid dienone is 4. The highest BCUT2D eigenvalue weighted by Crippen LogP contribution is 2.38. The van der Waals surface area contributed by atoms with E-state index in [1.165, 1.54) is 21.5 Å². The highest BCUT2D eigenvalue weighted by molar-refractivity contribution is 6.10. The molecule has 0 bridgehead atoms. The lowest BCUT2D eigenvalue weighted by atomic mass is 9.97. The number of hydrogen-bond donors (Lipinski definition) is 0. The molecule has 3 aromatic heterocycles. The second-order valence-corrected chi connectivity index (χ2v) is 13.4. The quantitative estimate of drug-likeness (QED) is 0.185. The monoisotopic (exact) mass is 655 g/mol. The van der Waals surface area contributed by atoms with Crippen LogP contribution in [0.1, 0.15) is 19.2 Å². The lowest BCUT2D eigenvalue weighted by Crippen LogP contribution is -2.06. The molecule has 5 nitrogen and oxygen atoms in total. The van der Waals surface area contributed by atoms with E-state index in [2.05, 4.69) is 162 Å². The molecular weight excluding hydrogens is 623 g/mol. The molecule has 6 aromatic carbocycles. The Morgan fingerprint density at radius 1 is 0.471 bits per heavy atom. The van der Waals surface area contributed by atoms with Crippen molar-refractivity contribution in [2.75, 3.05) is 0 Å². The zero-order valence-corrected chi connectivity index (χ0v) is 28.1. The van der Waals surface area contributed by atoms with E-state index < -0.39 is 0 Å². The zero-order chi connectivity index (χ0) is 33.9. The van der Waals surface area contributed by atoms with Gasteiger partial charge in [-0.2, -0.15) is 0 Å². The Hall–Kier alpha value is -6.59. The number of aromatic nitrogens is 5. The van der Waals surface area contributed by atoms with Gasteiger partial charge in [-0.05, 0) is 54.8 Å². The number of fused-ring (bicyclic) bond motifs is 6. The van der Waals surface area contributed by atoms with Gasteiger partial charge in [0.15, 0.2) is 17.5 Å². The van der Waals surface area contributed by atoms with Crippen molar-refractivity contribution in [3.05, 3.63) is 170 Å². The van der Waals surface area contributed by atoms with Crippen LogP contribution >= 0.6 is 0 Å². The van der Waals surface area contributed by atoms with Crippen LogP contribution in [0.2, 0.25) is 0 Å². The van der Waals surface area contributed by atoms with Crippen molar-refractivity contribution in [3.63, 3.8) is 0 Å². The fourth-order valence-electron chi connectivity index (χ4n) is 7.72. The van der Waals surface area contributed by atoms with Crippen LogP contribution in [0.4, 0.5) is 0 Å². The van der Waals surface area contributed by atoms with Crippen molar-refractivity contribution in [1.29, 1.82) is 0 Å². The first kappa shape index (κ1) is 29.3. The molecule has 51 heavy (non-hydrogen) atoms. The van der Waals surface area contributed by atoms with Crippen LogP contribution < -0.4 is 0 Å². The number of para-hydroxylation sites is 4. The Morgan fingerprint density at radius 2 is 0.902 bits per heavy atom. The molecule has 1 atom stereocenters. The van der Waals surface area contributed by atoms with E-state index in [0.29, 0.717) is 23.4 Å². The molecule has 0 radical (unpaired) electrons. The SMILES string of the molecule is CC1C=C(c2nc(-c3ccccc3)nc(-c3cc(-n4c5ccccc5c5ccccc54)cc(-n4c5ccccc5c5ccccc54)c3)n2)C=CC1. The maximum absolute atomic E-state index is 5.22. The average Bonchev–Trinajstić information content (AvgIpc) is 3.71. The van der Waals surface area contributed by atoms with Crippen LogP contribution in [0.25, 0.3) is 83.3 Å². The predicted molar refractivity (Wildman–Crippen MR) is 210 cm³/mol. The molecule has 5 heteroatoms. The maximum Gasteiger partial charge on any atom is 0.164 e. The fourth-order valence-corrected chi connectivity index (χ4v) is 7.72. The number of benzene rings is 6. The summed E-state index contributed by atoms with van der Waals surface area (Å²) in [6.07, 6.45) is 7.64. The second-order valence-electron chi connectivity index (χ2n) is 13.4. The summed E-state index contributed by atoms with van der Waals surface area (Å²) in [5.74, 6) is 2.38. The Labute approximate surface area is 295 Å². The first-order valence-electron chi connectivity index (χ1n) is 17.5. The third-order valence-corrected chi connectivity index (χ3v) is 10.0. The van der Waals surface area contributed by atoms with Gasteiger partial charge in [0, 0.05) is 49.6 Å². The molecule has 0 N–H and O–H groups in total. The predicted octanol–water partition coefficient (Wildman–Crippen LogP) is 11.4. The smallest absolute Gasteiger partial charge is 0.164 e. The zero-order valence-electron chi connectivity index (χ0n) is 28.1. The Bertz CT molecular complexity index is 2620. The first-order chi connectivity index (χ1) is 25.2. The molecule has 0 spiro atoms. The Kier molecular flexibility index (Phi) is 6.78. The molecule has 0 saturated heterocycles. The van der Waals surface area contributed by atoms with E-state index in [0.717, 1.165) is 56.6 Å². The minimum Gasteiger partial charge on any atom is -0.309 e. The van der Waals surface area contributed by atoms with Crippen molar-refractivity contribution in [1.82, 2.24) is 24.1 Å². The normalized spacial score (nSPS) is 14.5. The molecule has 10 rings (SSSR count). The lowest BCUT2D eigenvalue weighted by Gasteiger charge is -2.16. The van der Waals surface area contributed by atoms with Gasteiger partial charge in [-0.15, -0.1) is 0 Å². The van der Waals surface area contributed by atoms with Gasteiger partial charge in [0.05, 0.1) is 22.1 Å². The van der Waals surface area contributed by atoms with Gasteiger partial charge < -0.3 is 9.13 Å². The molecule has 9 aromatic rings. The van der Waals surface area contributed by atoms with E-state index >= 15 is 0 Å². The van der Waals surface area contributed by atoms with Gasteiger partial charge in [0.2, 0.25) is 0 Å². The summed E-state index contributed by atoms with van der Waals surface area (Å²) in [5, 5.41) is 4.87. The van der Waals surface area contributed by atoms with Crippen molar-refractivity contribution in [2.24, 2.45) is 5.92 Å². The van der Waals surface area contributed by atoms with E-state index in [-0.39, 0.29) is 0 Å². The van der Waals surface area contributed by atoms with Crippen LogP contribution in [0, 0.1) is 5.92 Å². The number of rotatable bonds is 5. The van der Waals surface area contributed by atoms with Gasteiger partial charge in [0.25, 0.3) is 0 Å². The van der Waals surface area contributed by atoms with Gasteiger partial charge in [-0.25, -0.2) is 15.0 Å². The minimum atomic E-state index is 0.408. The summed E-state index contributed by atoms with van der Waals surface area (Å²) >= 11 is 0. The van der Waals surface area contributed by atoms with Crippen LogP contribution in [-0.2, 0) is 0 Å². The molecular formula is C46H33N5. The molecule has 0 saturated carbocycles. The van der Waals surface area contributed by atoms with Gasteiger partial charge in [0.1, 0.15) is 0 Å². The summed E-state index contributed by atoms with van der Waals surface area (Å²) in [5.41, 5.74) is 9.57. The molecule has 1 aliphatic rings. The van der Waals surface area contributed by atoms with Crippen LogP contribution in [0.3, 0.4) is 0 Å². The summed E-state index contributed by atoms with van der Waals surface area (Å²) in [6, 6.07) is 51.6. The van der Waals surface area contributed by atoms with Crippen molar-refractivity contribution < 1.29 is 0 Å². The number of nitrogens with zero attached hydrogens (tertiary/aromatic N) is 5. The molecule has 0 fully saturated rings. The largest absolute Gasteiger partial charge is 0.309 e. The summed E-state index contributed by atoms with van der Waals surface area (Å²) in [7, 11) is 0. The van der Waals surface area contributed by atoms with E-state index in [1.807, 2.05) is 18.2 Å². The Balaban J connectivity index is 1.30. The van der Waals surface area contributed by atoms with Gasteiger partial charge in [-0.3, -0.25) is 0 Å². The lowest BCUT2D eigenvalue weighted by molar-refractivity contribution is 0.738. The summed E-state index contributed by atoms with van der Waals surface area (Å²) < 4.78 is 4.75. The maximum atomic E-state index is 5.22. The van der Waals surface area contributed by atoms with Crippen LogP contribution in [0.5, 0.6) is 0 Å². The topological polar surface area (TPSA) is 48.5 Å². The van der Waals surface area contributed by atoms with Crippen LogP contribution in [0.15, 0.2) is 164 Å². The molecule has 0 amide bonds. The van der Waals surface area contributed by atoms with Crippen LogP contribution in [-0.4, -0.2) is 24.1 Å². The minimum absolute atomic E-state index is 0.408. The molecule has 3 heterocycles. The third kappa shape index (κ3) is 4.89. The van der Waals surface area contributed by atoms with E-state index in [9.17, 15) is 0 Å². The van der Waals surface area contributed by atoms with Crippen molar-refractivity contribution in [2.45, 2.75) is 13.3 Å². The third-order valence-electron chi connectivity index (χ3n) is 10.0. The fraction of sp³-hybridized carbons (Fsp3) is 0.0652. The molecule has 242 valence electrons. The molecule has 1 aliphatic carbocycles. The van der Waals surface area contributed by atoms with Crippen molar-refractivity contribution in [3.8, 4) is 34.2 Å². The summed E-state index contributed by atoms with van der Waals surface area (Å²) in [4.78, 5) is 15.5. The highest BCUT2D eigenvalue weighted by Gasteiger charge is 2.20. The number of hydrogen-bond acceptors (Lipinski definition) is 3. The molecule has 1 unspecified atom stereocenters. The van der Waals surface area contributed by atoms with Crippen molar-refractivity contribution >= 4 is 49.2 Å². The van der Waals surface area contributed by atoms with Gasteiger partial charge >= 0.3 is 0 Å². The Morgan fingerprint density at radius 3 is 1.39 bits per heavy atom. The van der Waals surface area contributed by atoms with E-state index in [4.69, 9.17) is 15.0 Å². The highest BCUT2D eigenvalue weighted by atomic mass is 15.0. The average molecular weight is 656 g/mol. The van der Waals surface area contributed by atoms with E-state index in [1.54, 1.807) is 0 Å². The molecule has 0 aliphatic heterocycles. The summed E-state index contributed by atoms with van der Waals surface area (Å²) in [6.45, 7) is 2.23. The first-order valence-corrected chi connectivity index (χ1v) is 17.5. The standard InChI is InChI=1S/C46H33N5/c1-30-14-13-17-32(26-30)45-47-44(31-15-3-2-4-16-31)48-46(49-45)33-27-34(50-40-22-9-5-18-36(40)37-19-6-10-23-41(37)50)29-35(28-33)51-42-24-11-7-20-38(42)39-21-8-12-25-43(39)51/h2-13,15-30H,14H2,1H3. The second kappa shape index (κ2) is 11.8.